The van der Waals surface area contributed by atoms with Gasteiger partial charge in [0.15, 0.2) is 0 Å². The molecule has 0 radical (unpaired) electrons. The molecule has 0 aromatic heterocycles. The van der Waals surface area contributed by atoms with E-state index in [0.29, 0.717) is 22.2 Å². The average molecular weight is 418 g/mol. The molecule has 2 nitrogen and oxygen atoms in total. The van der Waals surface area contributed by atoms with Gasteiger partial charge in [0, 0.05) is 0 Å². The summed E-state index contributed by atoms with van der Waals surface area (Å²) in [6.45, 7) is 2.67. The van der Waals surface area contributed by atoms with E-state index in [1.807, 2.05) is 6.92 Å². The average Bonchev–Trinajstić information content (AvgIpc) is 2.48. The normalized spacial score (nSPS) is 12.2. The van der Waals surface area contributed by atoms with Crippen LogP contribution in [0, 0.1) is 5.82 Å². The lowest BCUT2D eigenvalue weighted by Gasteiger charge is -2.14. The molecule has 0 saturated heterocycles. The first-order valence-corrected chi connectivity index (χ1v) is 8.16. The van der Waals surface area contributed by atoms with Gasteiger partial charge in [-0.15, -0.1) is 0 Å². The topological polar surface area (TPSA) is 29.5 Å². The molecule has 0 spiro atoms. The summed E-state index contributed by atoms with van der Waals surface area (Å²) in [5, 5.41) is 10.4. The quantitative estimate of drug-likeness (QED) is 0.722. The van der Waals surface area contributed by atoms with E-state index in [1.165, 1.54) is 6.07 Å². The monoisotopic (exact) mass is 416 g/mol. The Balaban J connectivity index is 2.24. The minimum absolute atomic E-state index is 0.378. The summed E-state index contributed by atoms with van der Waals surface area (Å²) in [4.78, 5) is 0. The smallest absolute Gasteiger partial charge is 0.137 e. The van der Waals surface area contributed by atoms with Crippen LogP contribution in [0.3, 0.4) is 0 Å². The summed E-state index contributed by atoms with van der Waals surface area (Å²) in [5.41, 5.74) is 1.18. The van der Waals surface area contributed by atoms with Crippen LogP contribution in [0.4, 0.5) is 4.39 Å². The fourth-order valence-electron chi connectivity index (χ4n) is 1.89. The Morgan fingerprint density at radius 1 is 1.10 bits per heavy atom. The van der Waals surface area contributed by atoms with Crippen molar-refractivity contribution in [3.63, 3.8) is 0 Å². The van der Waals surface area contributed by atoms with Crippen LogP contribution in [0.1, 0.15) is 30.6 Å². The summed E-state index contributed by atoms with van der Waals surface area (Å²) in [5.74, 6) is 0.336. The molecule has 0 aliphatic heterocycles. The number of ether oxygens (including phenoxy) is 1. The van der Waals surface area contributed by atoms with Gasteiger partial charge in [0.2, 0.25) is 0 Å². The van der Waals surface area contributed by atoms with Gasteiger partial charge in [-0.25, -0.2) is 4.39 Å². The number of aliphatic hydroxyl groups is 1. The molecule has 0 saturated carbocycles. The van der Waals surface area contributed by atoms with Gasteiger partial charge in [0.25, 0.3) is 0 Å². The van der Waals surface area contributed by atoms with Crippen LogP contribution in [0.15, 0.2) is 45.3 Å². The maximum absolute atomic E-state index is 13.6. The maximum atomic E-state index is 13.6. The molecular weight excluding hydrogens is 403 g/mol. The minimum Gasteiger partial charge on any atom is -0.492 e. The molecule has 0 bridgehead atoms. The van der Waals surface area contributed by atoms with E-state index in [4.69, 9.17) is 4.74 Å². The number of hydrogen-bond acceptors (Lipinski definition) is 2. The van der Waals surface area contributed by atoms with Crippen LogP contribution >= 0.6 is 31.9 Å². The third-order valence-electron chi connectivity index (χ3n) is 2.99. The van der Waals surface area contributed by atoms with Gasteiger partial charge < -0.3 is 9.84 Å². The zero-order valence-corrected chi connectivity index (χ0v) is 14.6. The largest absolute Gasteiger partial charge is 0.492 e. The first-order chi connectivity index (χ1) is 10.0. The third-order valence-corrected chi connectivity index (χ3v) is 4.26. The van der Waals surface area contributed by atoms with Crippen LogP contribution in [-0.2, 0) is 0 Å². The first kappa shape index (κ1) is 16.5. The Bertz CT molecular complexity index is 632. The van der Waals surface area contributed by atoms with Gasteiger partial charge in [0.05, 0.1) is 15.6 Å². The number of aliphatic hydroxyl groups excluding tert-OH is 1. The summed E-state index contributed by atoms with van der Waals surface area (Å²) < 4.78 is 20.3. The van der Waals surface area contributed by atoms with Crippen molar-refractivity contribution in [2.24, 2.45) is 0 Å². The van der Waals surface area contributed by atoms with Crippen molar-refractivity contribution in [2.75, 3.05) is 6.61 Å². The molecule has 0 amide bonds. The summed E-state index contributed by atoms with van der Waals surface area (Å²) >= 11 is 6.53. The molecule has 2 aromatic carbocycles. The van der Waals surface area contributed by atoms with Gasteiger partial charge >= 0.3 is 0 Å². The van der Waals surface area contributed by atoms with Crippen LogP contribution in [-0.4, -0.2) is 11.7 Å². The van der Waals surface area contributed by atoms with Crippen LogP contribution in [0.5, 0.6) is 5.75 Å². The fraction of sp³-hybridized carbons (Fsp3) is 0.250. The van der Waals surface area contributed by atoms with Crippen molar-refractivity contribution in [1.82, 2.24) is 0 Å². The lowest BCUT2D eigenvalue weighted by Crippen LogP contribution is -2.02. The zero-order valence-electron chi connectivity index (χ0n) is 11.4. The van der Waals surface area contributed by atoms with E-state index in [-0.39, 0.29) is 0 Å². The number of benzene rings is 2. The van der Waals surface area contributed by atoms with Gasteiger partial charge in [-0.1, -0.05) is 19.1 Å². The molecule has 21 heavy (non-hydrogen) atoms. The highest BCUT2D eigenvalue weighted by Crippen LogP contribution is 2.31. The van der Waals surface area contributed by atoms with E-state index in [2.05, 4.69) is 31.9 Å². The van der Waals surface area contributed by atoms with Gasteiger partial charge in [-0.05, 0) is 73.7 Å². The zero-order chi connectivity index (χ0) is 15.4. The maximum Gasteiger partial charge on any atom is 0.137 e. The van der Waals surface area contributed by atoms with Crippen molar-refractivity contribution >= 4 is 31.9 Å². The Labute approximate surface area is 140 Å². The molecular formula is C16H15Br2FO2. The highest BCUT2D eigenvalue weighted by molar-refractivity contribution is 9.10. The predicted octanol–water partition coefficient (Wildman–Crippen LogP) is 5.22. The first-order valence-electron chi connectivity index (χ1n) is 6.58. The fourth-order valence-corrected chi connectivity index (χ4v) is 2.65. The predicted molar refractivity (Wildman–Crippen MR) is 88.1 cm³/mol. The van der Waals surface area contributed by atoms with Gasteiger partial charge in [0.1, 0.15) is 17.7 Å². The third kappa shape index (κ3) is 4.05. The molecule has 2 aromatic rings. The molecule has 0 heterocycles. The summed E-state index contributed by atoms with van der Waals surface area (Å²) in [6.07, 6.45) is 0.0405. The second-order valence-electron chi connectivity index (χ2n) is 4.61. The molecule has 1 N–H and O–H groups in total. The van der Waals surface area contributed by atoms with Crippen LogP contribution < -0.4 is 4.74 Å². The summed E-state index contributed by atoms with van der Waals surface area (Å²) in [6, 6.07) is 9.96. The van der Waals surface area contributed by atoms with Crippen LogP contribution in [0.25, 0.3) is 0 Å². The Kier molecular flexibility index (Phi) is 5.79. The molecule has 2 rings (SSSR count). The summed E-state index contributed by atoms with van der Waals surface area (Å²) in [7, 11) is 0. The molecule has 0 fully saturated rings. The minimum atomic E-state index is -0.885. The number of rotatable bonds is 5. The van der Waals surface area contributed by atoms with Gasteiger partial charge in [-0.2, -0.15) is 0 Å². The molecule has 1 atom stereocenters. The van der Waals surface area contributed by atoms with E-state index in [9.17, 15) is 9.50 Å². The Morgan fingerprint density at radius 2 is 1.76 bits per heavy atom. The molecule has 1 unspecified atom stereocenters. The van der Waals surface area contributed by atoms with Crippen molar-refractivity contribution in [2.45, 2.75) is 19.4 Å². The Morgan fingerprint density at radius 3 is 2.38 bits per heavy atom. The molecule has 0 aliphatic rings. The van der Waals surface area contributed by atoms with E-state index >= 15 is 0 Å². The number of hydrogen-bond donors (Lipinski definition) is 1. The molecule has 5 heteroatoms. The van der Waals surface area contributed by atoms with E-state index in [0.717, 1.165) is 16.6 Å². The molecule has 0 aliphatic carbocycles. The second kappa shape index (κ2) is 7.38. The van der Waals surface area contributed by atoms with Crippen molar-refractivity contribution in [3.05, 3.63) is 62.3 Å². The highest BCUT2D eigenvalue weighted by Gasteiger charge is 2.14. The number of halogens is 3. The Hall–Kier alpha value is -0.910. The standard InChI is InChI=1S/C16H15Br2FO2/c1-2-7-21-15-6-4-10(8-13(15)18)16(20)11-3-5-12(17)14(19)9-11/h3-6,8-9,16,20H,2,7H2,1H3. The van der Waals surface area contributed by atoms with Crippen molar-refractivity contribution in [3.8, 4) is 5.75 Å². The van der Waals surface area contributed by atoms with Crippen molar-refractivity contribution in [1.29, 1.82) is 0 Å². The second-order valence-corrected chi connectivity index (χ2v) is 6.32. The SMILES string of the molecule is CCCOc1ccc(C(O)c2ccc(Br)c(F)c2)cc1Br. The lowest BCUT2D eigenvalue weighted by atomic mass is 10.0. The molecule has 112 valence electrons. The lowest BCUT2D eigenvalue weighted by molar-refractivity contribution is 0.219. The highest BCUT2D eigenvalue weighted by atomic mass is 79.9. The van der Waals surface area contributed by atoms with Gasteiger partial charge in [-0.3, -0.25) is 0 Å². The van der Waals surface area contributed by atoms with Crippen molar-refractivity contribution < 1.29 is 14.2 Å². The van der Waals surface area contributed by atoms with E-state index < -0.39 is 11.9 Å². The van der Waals surface area contributed by atoms with Crippen LogP contribution in [0.2, 0.25) is 0 Å². The van der Waals surface area contributed by atoms with E-state index in [1.54, 1.807) is 30.3 Å².